The fraction of sp³-hybridized carbons (Fsp3) is 0.900. The van der Waals surface area contributed by atoms with Crippen LogP contribution >= 0.6 is 30.4 Å². The molecule has 0 radical (unpaired) electrons. The van der Waals surface area contributed by atoms with Crippen molar-refractivity contribution in [3.63, 3.8) is 0 Å². The Morgan fingerprint density at radius 3 is 2.47 bits per heavy atom. The molecule has 1 aliphatic rings. The largest absolute Gasteiger partial charge is 0.475 e. The summed E-state index contributed by atoms with van der Waals surface area (Å²) >= 11 is 1.73. The second-order valence-electron chi connectivity index (χ2n) is 4.97. The van der Waals surface area contributed by atoms with Gasteiger partial charge in [-0.25, -0.2) is 4.57 Å². The smallest absolute Gasteiger partial charge is 0.288 e. The Bertz CT molecular complexity index is 317. The quantitative estimate of drug-likeness (QED) is 0.419. The fourth-order valence-electron chi connectivity index (χ4n) is 1.24. The molecule has 1 aliphatic heterocycles. The van der Waals surface area contributed by atoms with Gasteiger partial charge in [-0.1, -0.05) is 13.8 Å². The van der Waals surface area contributed by atoms with Crippen molar-refractivity contribution in [1.82, 2.24) is 0 Å². The molecule has 1 unspecified atom stereocenters. The molecule has 1 atom stereocenters. The zero-order valence-corrected chi connectivity index (χ0v) is 13.3. The van der Waals surface area contributed by atoms with Gasteiger partial charge in [0.2, 0.25) is 0 Å². The highest BCUT2D eigenvalue weighted by Gasteiger charge is 2.39. The number of hydrogen-bond acceptors (Lipinski definition) is 5. The molecule has 0 aromatic rings. The van der Waals surface area contributed by atoms with Crippen LogP contribution in [0.25, 0.3) is 0 Å². The van der Waals surface area contributed by atoms with Gasteiger partial charge >= 0.3 is 7.82 Å². The lowest BCUT2D eigenvalue weighted by Gasteiger charge is -2.34. The van der Waals surface area contributed by atoms with E-state index in [4.69, 9.17) is 13.6 Å². The highest BCUT2D eigenvalue weighted by atomic mass is 127. The van der Waals surface area contributed by atoms with E-state index in [9.17, 15) is 9.36 Å². The zero-order chi connectivity index (χ0) is 13.1. The summed E-state index contributed by atoms with van der Waals surface area (Å²) < 4.78 is 27.7. The van der Waals surface area contributed by atoms with E-state index >= 15 is 0 Å². The van der Waals surface area contributed by atoms with Crippen LogP contribution in [0.1, 0.15) is 33.6 Å². The van der Waals surface area contributed by atoms with E-state index in [1.165, 1.54) is 0 Å². The van der Waals surface area contributed by atoms with Gasteiger partial charge in [0.1, 0.15) is 0 Å². The van der Waals surface area contributed by atoms with Crippen molar-refractivity contribution >= 4 is 34.2 Å². The number of carbonyl (C=O) groups is 1. The molecular weight excluding hydrogens is 358 g/mol. The maximum Gasteiger partial charge on any atom is 0.475 e. The number of halogens is 1. The first-order chi connectivity index (χ1) is 7.72. The van der Waals surface area contributed by atoms with Crippen molar-refractivity contribution in [1.29, 1.82) is 0 Å². The van der Waals surface area contributed by atoms with E-state index in [0.717, 1.165) is 0 Å². The Balaban J connectivity index is 2.40. The number of carbonyl (C=O) groups excluding carboxylic acids is 1. The third kappa shape index (κ3) is 5.79. The Morgan fingerprint density at radius 2 is 2.00 bits per heavy atom. The lowest BCUT2D eigenvalue weighted by Crippen LogP contribution is -2.30. The molecular formula is C10H18IO5P. The van der Waals surface area contributed by atoms with Crippen LogP contribution in [0.4, 0.5) is 0 Å². The molecule has 1 fully saturated rings. The van der Waals surface area contributed by atoms with E-state index < -0.39 is 7.82 Å². The standard InChI is InChI=1S/C10H18IO5P/c1-8(4-5-9(11)12)16-17(13)14-6-10(2,3)7-15-17/h8H,4-7H2,1-3H3. The van der Waals surface area contributed by atoms with Gasteiger partial charge in [0, 0.05) is 11.8 Å². The van der Waals surface area contributed by atoms with Gasteiger partial charge in [0.25, 0.3) is 0 Å². The molecule has 0 aromatic heterocycles. The van der Waals surface area contributed by atoms with Crippen LogP contribution in [0.3, 0.4) is 0 Å². The predicted octanol–water partition coefficient (Wildman–Crippen LogP) is 3.31. The predicted molar refractivity (Wildman–Crippen MR) is 72.1 cm³/mol. The van der Waals surface area contributed by atoms with E-state index in [-0.39, 0.29) is 15.3 Å². The topological polar surface area (TPSA) is 61.8 Å². The molecule has 0 spiro atoms. The lowest BCUT2D eigenvalue weighted by molar-refractivity contribution is -0.110. The summed E-state index contributed by atoms with van der Waals surface area (Å²) in [6.07, 6.45) is 0.593. The highest BCUT2D eigenvalue weighted by molar-refractivity contribution is 14.1. The molecule has 100 valence electrons. The van der Waals surface area contributed by atoms with Crippen LogP contribution in [-0.2, 0) is 22.9 Å². The number of hydrogen-bond donors (Lipinski definition) is 0. The first kappa shape index (κ1) is 15.6. The highest BCUT2D eigenvalue weighted by Crippen LogP contribution is 2.55. The molecule has 1 rings (SSSR count). The van der Waals surface area contributed by atoms with E-state index in [2.05, 4.69) is 0 Å². The molecule has 0 aromatic carbocycles. The summed E-state index contributed by atoms with van der Waals surface area (Å²) in [5, 5.41) is 0. The summed E-state index contributed by atoms with van der Waals surface area (Å²) in [5.74, 6) is 0. The minimum absolute atomic E-state index is 0.0583. The fourth-order valence-corrected chi connectivity index (χ4v) is 3.31. The van der Waals surface area contributed by atoms with E-state index in [1.807, 2.05) is 13.8 Å². The monoisotopic (exact) mass is 376 g/mol. The van der Waals surface area contributed by atoms with Crippen molar-refractivity contribution in [2.45, 2.75) is 39.7 Å². The van der Waals surface area contributed by atoms with Crippen LogP contribution in [0.15, 0.2) is 0 Å². The molecule has 17 heavy (non-hydrogen) atoms. The summed E-state index contributed by atoms with van der Waals surface area (Å²) in [5.41, 5.74) is -0.140. The second kappa shape index (κ2) is 6.10. The summed E-state index contributed by atoms with van der Waals surface area (Å²) in [6, 6.07) is 0. The van der Waals surface area contributed by atoms with Gasteiger partial charge in [-0.05, 0) is 35.9 Å². The Kier molecular flexibility index (Phi) is 5.59. The SMILES string of the molecule is CC(CCC(=O)I)OP1(=O)OCC(C)(C)CO1. The Morgan fingerprint density at radius 1 is 1.47 bits per heavy atom. The summed E-state index contributed by atoms with van der Waals surface area (Å²) in [6.45, 7) is 6.39. The van der Waals surface area contributed by atoms with Crippen LogP contribution in [0.5, 0.6) is 0 Å². The minimum Gasteiger partial charge on any atom is -0.288 e. The lowest BCUT2D eigenvalue weighted by atomic mass is 9.97. The molecule has 0 saturated carbocycles. The van der Waals surface area contributed by atoms with Crippen LogP contribution in [0, 0.1) is 5.41 Å². The minimum atomic E-state index is -3.42. The normalized spacial score (nSPS) is 24.2. The maximum atomic E-state index is 12.0. The molecule has 5 nitrogen and oxygen atoms in total. The molecule has 0 aliphatic carbocycles. The van der Waals surface area contributed by atoms with Gasteiger partial charge < -0.3 is 0 Å². The average Bonchev–Trinajstić information content (AvgIpc) is 2.21. The van der Waals surface area contributed by atoms with Crippen LogP contribution in [-0.4, -0.2) is 23.1 Å². The van der Waals surface area contributed by atoms with Crippen molar-refractivity contribution in [3.8, 4) is 0 Å². The van der Waals surface area contributed by atoms with Crippen molar-refractivity contribution < 1.29 is 22.9 Å². The average molecular weight is 376 g/mol. The van der Waals surface area contributed by atoms with Crippen molar-refractivity contribution in [2.75, 3.05) is 13.2 Å². The first-order valence-electron chi connectivity index (χ1n) is 5.48. The Hall–Kier alpha value is 0.510. The van der Waals surface area contributed by atoms with Crippen LogP contribution in [0.2, 0.25) is 0 Å². The number of phosphoric acid groups is 1. The van der Waals surface area contributed by atoms with Crippen LogP contribution < -0.4 is 0 Å². The molecule has 7 heteroatoms. The molecule has 0 N–H and O–H groups in total. The molecule has 0 bridgehead atoms. The van der Waals surface area contributed by atoms with Gasteiger partial charge in [0.15, 0.2) is 3.79 Å². The second-order valence-corrected chi connectivity index (χ2v) is 7.79. The third-order valence-electron chi connectivity index (χ3n) is 2.28. The van der Waals surface area contributed by atoms with Crippen molar-refractivity contribution in [3.05, 3.63) is 0 Å². The number of phosphoric ester groups is 1. The molecule has 1 saturated heterocycles. The van der Waals surface area contributed by atoms with Gasteiger partial charge in [-0.2, -0.15) is 0 Å². The molecule has 1 heterocycles. The number of rotatable bonds is 5. The summed E-state index contributed by atoms with van der Waals surface area (Å²) in [7, 11) is -3.42. The van der Waals surface area contributed by atoms with E-state index in [0.29, 0.717) is 26.1 Å². The molecule has 0 amide bonds. The van der Waals surface area contributed by atoms with Crippen molar-refractivity contribution in [2.24, 2.45) is 5.41 Å². The van der Waals surface area contributed by atoms with Gasteiger partial charge in [0.05, 0.1) is 19.3 Å². The zero-order valence-electron chi connectivity index (χ0n) is 10.3. The van der Waals surface area contributed by atoms with E-state index in [1.54, 1.807) is 29.5 Å². The van der Waals surface area contributed by atoms with Gasteiger partial charge in [-0.3, -0.25) is 18.4 Å². The third-order valence-corrected chi connectivity index (χ3v) is 4.33. The maximum absolute atomic E-state index is 12.0. The first-order valence-corrected chi connectivity index (χ1v) is 8.02. The summed E-state index contributed by atoms with van der Waals surface area (Å²) in [4.78, 5) is 10.8. The van der Waals surface area contributed by atoms with Gasteiger partial charge in [-0.15, -0.1) is 0 Å². The Labute approximate surface area is 115 Å².